The van der Waals surface area contributed by atoms with E-state index in [1.807, 2.05) is 11.6 Å². The average molecular weight is 770 g/mol. The van der Waals surface area contributed by atoms with Gasteiger partial charge in [0.1, 0.15) is 6.54 Å². The second-order valence-corrected chi connectivity index (χ2v) is 13.9. The number of alkyl carbamates (subject to hydrolysis) is 1. The molecule has 0 saturated carbocycles. The number of aromatic nitrogens is 2. The van der Waals surface area contributed by atoms with Gasteiger partial charge in [0, 0.05) is 49.4 Å². The smallest absolute Gasteiger partial charge is 0.407 e. The second kappa shape index (κ2) is 25.3. The van der Waals surface area contributed by atoms with E-state index < -0.39 is 6.09 Å². The largest absolute Gasteiger partial charge is 0.453 e. The molecule has 290 valence electrons. The number of hydrogen-bond acceptors (Lipinski definition) is 9. The summed E-state index contributed by atoms with van der Waals surface area (Å²) in [7, 11) is 1.27. The first-order chi connectivity index (χ1) is 25.6. The fourth-order valence-corrected chi connectivity index (χ4v) is 7.34. The number of amides is 5. The summed E-state index contributed by atoms with van der Waals surface area (Å²) in [6.45, 7) is 13.4. The van der Waals surface area contributed by atoms with E-state index in [0.717, 1.165) is 79.9 Å². The Hall–Kier alpha value is -4.76. The van der Waals surface area contributed by atoms with E-state index in [2.05, 4.69) is 88.0 Å². The Kier molecular flexibility index (Phi) is 21.2. The van der Waals surface area contributed by atoms with Crippen molar-refractivity contribution in [2.45, 2.75) is 73.1 Å². The van der Waals surface area contributed by atoms with E-state index in [4.69, 9.17) is 0 Å². The third kappa shape index (κ3) is 15.4. The lowest BCUT2D eigenvalue weighted by Crippen LogP contribution is -2.38. The van der Waals surface area contributed by atoms with Crippen molar-refractivity contribution in [3.05, 3.63) is 47.5 Å². The van der Waals surface area contributed by atoms with Crippen LogP contribution in [-0.2, 0) is 23.9 Å². The van der Waals surface area contributed by atoms with Crippen molar-refractivity contribution >= 4 is 68.0 Å². The number of carbonyl (C=O) groups excluding carboxylic acids is 5. The van der Waals surface area contributed by atoms with Crippen molar-refractivity contribution in [2.75, 3.05) is 51.7 Å². The minimum absolute atomic E-state index is 0.0303. The van der Waals surface area contributed by atoms with Crippen LogP contribution in [0.2, 0.25) is 0 Å². The summed E-state index contributed by atoms with van der Waals surface area (Å²) in [6.07, 6.45) is 10.5. The molecule has 2 saturated heterocycles. The van der Waals surface area contributed by atoms with Gasteiger partial charge in [-0.2, -0.15) is 0 Å². The lowest BCUT2D eigenvalue weighted by molar-refractivity contribution is -0.131. The summed E-state index contributed by atoms with van der Waals surface area (Å²) in [5.41, 5.74) is 5.40. The number of anilines is 1. The number of benzene rings is 1. The van der Waals surface area contributed by atoms with Gasteiger partial charge in [-0.1, -0.05) is 64.8 Å². The number of imidazole rings is 1. The van der Waals surface area contributed by atoms with Crippen LogP contribution in [0.15, 0.2) is 47.5 Å². The van der Waals surface area contributed by atoms with Gasteiger partial charge in [0.25, 0.3) is 0 Å². The number of nitrogens with zero attached hydrogens (tertiary/aromatic N) is 3. The highest BCUT2D eigenvalue weighted by Gasteiger charge is 2.18. The Morgan fingerprint density at radius 2 is 1.32 bits per heavy atom. The molecule has 53 heavy (non-hydrogen) atoms. The molecule has 0 atom stereocenters. The molecule has 2 aliphatic rings. The van der Waals surface area contributed by atoms with Crippen molar-refractivity contribution in [1.82, 2.24) is 30.4 Å². The zero-order valence-electron chi connectivity index (χ0n) is 31.8. The van der Waals surface area contributed by atoms with Gasteiger partial charge in [0.2, 0.25) is 24.1 Å². The lowest BCUT2D eigenvalue weighted by Gasteiger charge is -2.14. The predicted octanol–water partition coefficient (Wildman–Crippen LogP) is 7.13. The van der Waals surface area contributed by atoms with Crippen LogP contribution in [0, 0.1) is 0 Å². The number of rotatable bonds is 8. The molecule has 0 aliphatic carbocycles. The Morgan fingerprint density at radius 1 is 0.811 bits per heavy atom. The molecule has 15 heteroatoms. The monoisotopic (exact) mass is 769 g/mol. The third-order valence-electron chi connectivity index (χ3n) is 7.48. The van der Waals surface area contributed by atoms with Crippen LogP contribution in [0.3, 0.4) is 0 Å². The van der Waals surface area contributed by atoms with Gasteiger partial charge in [-0.15, -0.1) is 22.7 Å². The maximum absolute atomic E-state index is 11.3. The molecule has 1 aromatic carbocycles. The van der Waals surface area contributed by atoms with E-state index in [9.17, 15) is 24.0 Å². The average Bonchev–Trinajstić information content (AvgIpc) is 4.01. The highest BCUT2D eigenvalue weighted by atomic mass is 32.1. The standard InChI is InChI=1S/C16H11N3OS2.C8H14N2O3.C8H14N2O2.2C3H8/c20-9-19-14-7-22-15-12(6-21-16(14)15)10-1-3-11(4-2-10)13-5-17-8-18-13;1-13-8(12)9-6-7(11)10-4-2-3-5-10;1-7(11)9-6-8(12)10-4-2-3-5-10;2*1-3-2/h1-9H,(H,17,18)(H,19,20);2-6H2,1H3,(H,9,12);2-6H2,1H3,(H,9,11);2*3H2,1-2H3. The van der Waals surface area contributed by atoms with Crippen LogP contribution < -0.4 is 16.0 Å². The summed E-state index contributed by atoms with van der Waals surface area (Å²) in [6, 6.07) is 8.41. The fourth-order valence-electron chi connectivity index (χ4n) is 5.00. The number of hydrogen-bond donors (Lipinski definition) is 4. The summed E-state index contributed by atoms with van der Waals surface area (Å²) in [5, 5.41) is 11.7. The SMILES string of the molecule is CC(=O)NCC(=O)N1CCCC1.CCC.CCC.COC(=O)NCC(=O)N1CCCC1.O=CNc1csc2c(-c3ccc(-c4cnc[nH]4)cc3)csc12. The molecule has 2 aliphatic heterocycles. The topological polar surface area (TPSA) is 166 Å². The minimum atomic E-state index is -0.562. The number of likely N-dealkylation sites (tertiary alicyclic amines) is 2. The predicted molar refractivity (Wildman–Crippen MR) is 215 cm³/mol. The molecule has 2 fully saturated rings. The van der Waals surface area contributed by atoms with Crippen LogP contribution in [0.4, 0.5) is 10.5 Å². The number of nitrogens with one attached hydrogen (secondary N) is 4. The van der Waals surface area contributed by atoms with Crippen molar-refractivity contribution in [3.8, 4) is 22.4 Å². The van der Waals surface area contributed by atoms with Gasteiger partial charge in [-0.05, 0) is 36.8 Å². The number of methoxy groups -OCH3 is 1. The van der Waals surface area contributed by atoms with Crippen LogP contribution in [0.1, 0.15) is 73.1 Å². The molecule has 3 aromatic heterocycles. The first-order valence-corrected chi connectivity index (χ1v) is 19.8. The van der Waals surface area contributed by atoms with Crippen LogP contribution in [-0.4, -0.2) is 96.4 Å². The summed E-state index contributed by atoms with van der Waals surface area (Å²) in [4.78, 5) is 65.0. The van der Waals surface area contributed by atoms with E-state index in [-0.39, 0.29) is 30.8 Å². The number of ether oxygens (including phenoxy) is 1. The second-order valence-electron chi connectivity index (χ2n) is 12.1. The van der Waals surface area contributed by atoms with Gasteiger partial charge < -0.3 is 35.5 Å². The van der Waals surface area contributed by atoms with Crippen LogP contribution in [0.5, 0.6) is 0 Å². The third-order valence-corrected chi connectivity index (χ3v) is 9.64. The van der Waals surface area contributed by atoms with Crippen molar-refractivity contribution in [3.63, 3.8) is 0 Å². The van der Waals surface area contributed by atoms with Gasteiger partial charge in [-0.25, -0.2) is 9.78 Å². The van der Waals surface area contributed by atoms with E-state index in [0.29, 0.717) is 0 Å². The van der Waals surface area contributed by atoms with Crippen LogP contribution in [0.25, 0.3) is 31.8 Å². The quantitative estimate of drug-likeness (QED) is 0.138. The summed E-state index contributed by atoms with van der Waals surface area (Å²) in [5.74, 6) is -0.159. The van der Waals surface area contributed by atoms with Gasteiger partial charge in [0.15, 0.2) is 0 Å². The Balaban J connectivity index is 0.000000271. The first kappa shape index (κ1) is 44.4. The van der Waals surface area contributed by atoms with E-state index in [1.165, 1.54) is 42.7 Å². The fraction of sp³-hybridized carbons (Fsp3) is 0.474. The maximum atomic E-state index is 11.3. The molecular formula is C38H55N7O6S2. The molecular weight excluding hydrogens is 715 g/mol. The van der Waals surface area contributed by atoms with Gasteiger partial charge >= 0.3 is 6.09 Å². The summed E-state index contributed by atoms with van der Waals surface area (Å²) < 4.78 is 6.68. The molecule has 0 radical (unpaired) electrons. The highest BCUT2D eigenvalue weighted by Crippen LogP contribution is 2.42. The summed E-state index contributed by atoms with van der Waals surface area (Å²) >= 11 is 3.31. The molecule has 6 rings (SSSR count). The molecule has 5 amide bonds. The normalized spacial score (nSPS) is 12.7. The van der Waals surface area contributed by atoms with Gasteiger partial charge in [-0.3, -0.25) is 19.2 Å². The number of fused-ring (bicyclic) bond motifs is 1. The molecule has 5 heterocycles. The minimum Gasteiger partial charge on any atom is -0.453 e. The highest BCUT2D eigenvalue weighted by molar-refractivity contribution is 7.28. The number of thiophene rings is 2. The van der Waals surface area contributed by atoms with Crippen molar-refractivity contribution < 1.29 is 28.7 Å². The Morgan fingerprint density at radius 3 is 1.79 bits per heavy atom. The molecule has 4 N–H and O–H groups in total. The molecule has 4 aromatic rings. The van der Waals surface area contributed by atoms with Crippen LogP contribution >= 0.6 is 22.7 Å². The van der Waals surface area contributed by atoms with Gasteiger partial charge in [0.05, 0.1) is 47.0 Å². The molecule has 0 bridgehead atoms. The zero-order valence-corrected chi connectivity index (χ0v) is 33.4. The molecule has 0 spiro atoms. The molecule has 13 nitrogen and oxygen atoms in total. The number of H-pyrrole nitrogens is 1. The Labute approximate surface area is 320 Å². The Bertz CT molecular complexity index is 1660. The van der Waals surface area contributed by atoms with Crippen molar-refractivity contribution in [1.29, 1.82) is 0 Å². The van der Waals surface area contributed by atoms with Crippen molar-refractivity contribution in [2.24, 2.45) is 0 Å². The first-order valence-electron chi connectivity index (χ1n) is 18.0. The van der Waals surface area contributed by atoms with E-state index >= 15 is 0 Å². The maximum Gasteiger partial charge on any atom is 0.407 e. The number of aromatic amines is 1. The number of carbonyl (C=O) groups is 5. The lowest BCUT2D eigenvalue weighted by atomic mass is 10.1. The molecule has 0 unspecified atom stereocenters. The zero-order chi connectivity index (χ0) is 39.0. The van der Waals surface area contributed by atoms with E-state index in [1.54, 1.807) is 38.8 Å².